The van der Waals surface area contributed by atoms with E-state index in [9.17, 15) is 9.18 Å². The Morgan fingerprint density at radius 2 is 1.94 bits per heavy atom. The van der Waals surface area contributed by atoms with E-state index in [1.807, 2.05) is 6.92 Å². The summed E-state index contributed by atoms with van der Waals surface area (Å²) in [4.78, 5) is 11.2. The number of benzene rings is 1. The second-order valence-electron chi connectivity index (χ2n) is 3.86. The summed E-state index contributed by atoms with van der Waals surface area (Å²) in [5, 5.41) is 2.86. The van der Waals surface area contributed by atoms with E-state index in [2.05, 4.69) is 21.2 Å². The highest BCUT2D eigenvalue weighted by Gasteiger charge is 2.12. The molecule has 2 atom stereocenters. The standard InChI is InChI=1S/C12H15BrFNO/c1-8(15-12(16)9(2)13)7-10-3-5-11(14)6-4-10/h3-6,8-9H,7H2,1-2H3,(H,15,16). The second-order valence-corrected chi connectivity index (χ2v) is 5.23. The largest absolute Gasteiger partial charge is 0.352 e. The summed E-state index contributed by atoms with van der Waals surface area (Å²) < 4.78 is 12.7. The minimum atomic E-state index is -0.241. The zero-order chi connectivity index (χ0) is 12.1. The molecule has 0 bridgehead atoms. The maximum Gasteiger partial charge on any atom is 0.233 e. The number of alkyl halides is 1. The van der Waals surface area contributed by atoms with Crippen molar-refractivity contribution >= 4 is 21.8 Å². The van der Waals surface area contributed by atoms with Crippen molar-refractivity contribution in [1.29, 1.82) is 0 Å². The van der Waals surface area contributed by atoms with E-state index in [1.165, 1.54) is 12.1 Å². The fourth-order valence-electron chi connectivity index (χ4n) is 1.38. The zero-order valence-electron chi connectivity index (χ0n) is 9.34. The smallest absolute Gasteiger partial charge is 0.233 e. The van der Waals surface area contributed by atoms with Gasteiger partial charge in [-0.1, -0.05) is 28.1 Å². The molecule has 0 aromatic heterocycles. The van der Waals surface area contributed by atoms with Gasteiger partial charge in [-0.15, -0.1) is 0 Å². The summed E-state index contributed by atoms with van der Waals surface area (Å²) >= 11 is 3.20. The van der Waals surface area contributed by atoms with E-state index in [0.717, 1.165) is 5.56 Å². The van der Waals surface area contributed by atoms with Gasteiger partial charge in [0.25, 0.3) is 0 Å². The van der Waals surface area contributed by atoms with Crippen LogP contribution in [0.1, 0.15) is 19.4 Å². The Balaban J connectivity index is 2.48. The third-order valence-corrected chi connectivity index (χ3v) is 2.62. The highest BCUT2D eigenvalue weighted by atomic mass is 79.9. The molecule has 2 nitrogen and oxygen atoms in total. The minimum Gasteiger partial charge on any atom is -0.352 e. The van der Waals surface area contributed by atoms with E-state index in [-0.39, 0.29) is 22.6 Å². The second kappa shape index (κ2) is 5.99. The van der Waals surface area contributed by atoms with Gasteiger partial charge < -0.3 is 5.32 Å². The Morgan fingerprint density at radius 3 is 2.44 bits per heavy atom. The number of nitrogens with one attached hydrogen (secondary N) is 1. The van der Waals surface area contributed by atoms with Crippen molar-refractivity contribution in [2.24, 2.45) is 0 Å². The zero-order valence-corrected chi connectivity index (χ0v) is 10.9. The van der Waals surface area contributed by atoms with Crippen LogP contribution in [0, 0.1) is 5.82 Å². The normalized spacial score (nSPS) is 14.2. The molecule has 0 aliphatic carbocycles. The summed E-state index contributed by atoms with van der Waals surface area (Å²) in [5.41, 5.74) is 1.01. The fourth-order valence-corrected chi connectivity index (χ4v) is 1.51. The van der Waals surface area contributed by atoms with Crippen LogP contribution in [0.5, 0.6) is 0 Å². The number of carbonyl (C=O) groups is 1. The van der Waals surface area contributed by atoms with Crippen LogP contribution in [0.25, 0.3) is 0 Å². The van der Waals surface area contributed by atoms with Gasteiger partial charge >= 0.3 is 0 Å². The first-order valence-corrected chi connectivity index (χ1v) is 6.09. The number of amides is 1. The molecule has 1 amide bonds. The highest BCUT2D eigenvalue weighted by molar-refractivity contribution is 9.10. The third-order valence-electron chi connectivity index (χ3n) is 2.21. The average molecular weight is 288 g/mol. The van der Waals surface area contributed by atoms with Crippen molar-refractivity contribution in [3.05, 3.63) is 35.6 Å². The Morgan fingerprint density at radius 1 is 1.38 bits per heavy atom. The molecule has 0 saturated carbocycles. The maximum atomic E-state index is 12.7. The van der Waals surface area contributed by atoms with Crippen molar-refractivity contribution in [3.63, 3.8) is 0 Å². The number of hydrogen-bond acceptors (Lipinski definition) is 1. The summed E-state index contributed by atoms with van der Waals surface area (Å²) in [6, 6.07) is 6.36. The molecule has 0 aliphatic rings. The Hall–Kier alpha value is -0.900. The summed E-state index contributed by atoms with van der Waals surface area (Å²) in [5.74, 6) is -0.274. The Kier molecular flexibility index (Phi) is 4.93. The lowest BCUT2D eigenvalue weighted by Gasteiger charge is -2.15. The van der Waals surface area contributed by atoms with Crippen molar-refractivity contribution in [3.8, 4) is 0 Å². The van der Waals surface area contributed by atoms with E-state index in [0.29, 0.717) is 6.42 Å². The van der Waals surface area contributed by atoms with E-state index < -0.39 is 0 Å². The van der Waals surface area contributed by atoms with Crippen molar-refractivity contribution in [1.82, 2.24) is 5.32 Å². The van der Waals surface area contributed by atoms with Gasteiger partial charge in [0.2, 0.25) is 5.91 Å². The van der Waals surface area contributed by atoms with Crippen LogP contribution in [0.15, 0.2) is 24.3 Å². The molecule has 1 aromatic carbocycles. The molecule has 0 saturated heterocycles. The Bertz CT molecular complexity index is 351. The lowest BCUT2D eigenvalue weighted by molar-refractivity contribution is -0.120. The number of hydrogen-bond donors (Lipinski definition) is 1. The van der Waals surface area contributed by atoms with Crippen LogP contribution in [0.4, 0.5) is 4.39 Å². The predicted octanol–water partition coefficient (Wildman–Crippen LogP) is 2.66. The molecule has 88 valence electrons. The molecule has 0 heterocycles. The first-order chi connectivity index (χ1) is 7.49. The van der Waals surface area contributed by atoms with Crippen LogP contribution >= 0.6 is 15.9 Å². The molecular formula is C12H15BrFNO. The molecule has 2 unspecified atom stereocenters. The van der Waals surface area contributed by atoms with E-state index >= 15 is 0 Å². The average Bonchev–Trinajstić information content (AvgIpc) is 2.21. The molecule has 1 N–H and O–H groups in total. The fraction of sp³-hybridized carbons (Fsp3) is 0.417. The number of halogens is 2. The number of carbonyl (C=O) groups excluding carboxylic acids is 1. The summed E-state index contributed by atoms with van der Waals surface area (Å²) in [6.07, 6.45) is 0.700. The molecule has 1 rings (SSSR count). The highest BCUT2D eigenvalue weighted by Crippen LogP contribution is 2.06. The maximum absolute atomic E-state index is 12.7. The van der Waals surface area contributed by atoms with Crippen LogP contribution in [-0.2, 0) is 11.2 Å². The van der Waals surface area contributed by atoms with E-state index in [4.69, 9.17) is 0 Å². The van der Waals surface area contributed by atoms with E-state index in [1.54, 1.807) is 19.1 Å². The van der Waals surface area contributed by atoms with Crippen LogP contribution in [0.3, 0.4) is 0 Å². The van der Waals surface area contributed by atoms with Crippen LogP contribution in [0.2, 0.25) is 0 Å². The molecule has 0 fully saturated rings. The SMILES string of the molecule is CC(Cc1ccc(F)cc1)NC(=O)C(C)Br. The van der Waals surface area contributed by atoms with Gasteiger partial charge in [-0.3, -0.25) is 4.79 Å². The topological polar surface area (TPSA) is 29.1 Å². The van der Waals surface area contributed by atoms with Gasteiger partial charge in [0.05, 0.1) is 4.83 Å². The van der Waals surface area contributed by atoms with Gasteiger partial charge in [-0.25, -0.2) is 4.39 Å². The molecule has 16 heavy (non-hydrogen) atoms. The summed E-state index contributed by atoms with van der Waals surface area (Å²) in [6.45, 7) is 3.70. The molecule has 4 heteroatoms. The molecule has 0 aliphatic heterocycles. The monoisotopic (exact) mass is 287 g/mol. The Labute approximate surface area is 103 Å². The van der Waals surface area contributed by atoms with Crippen molar-refractivity contribution < 1.29 is 9.18 Å². The lowest BCUT2D eigenvalue weighted by Crippen LogP contribution is -2.37. The molecule has 0 spiro atoms. The first kappa shape index (κ1) is 13.2. The van der Waals surface area contributed by atoms with Gasteiger partial charge in [-0.2, -0.15) is 0 Å². The van der Waals surface area contributed by atoms with Gasteiger partial charge in [-0.05, 0) is 38.0 Å². The lowest BCUT2D eigenvalue weighted by atomic mass is 10.1. The summed E-state index contributed by atoms with van der Waals surface area (Å²) in [7, 11) is 0. The molecule has 0 radical (unpaired) electrons. The molecular weight excluding hydrogens is 273 g/mol. The van der Waals surface area contributed by atoms with Crippen molar-refractivity contribution in [2.75, 3.05) is 0 Å². The van der Waals surface area contributed by atoms with Gasteiger partial charge in [0.15, 0.2) is 0 Å². The van der Waals surface area contributed by atoms with Gasteiger partial charge in [0.1, 0.15) is 5.82 Å². The third kappa shape index (κ3) is 4.31. The molecule has 1 aromatic rings. The number of rotatable bonds is 4. The quantitative estimate of drug-likeness (QED) is 0.848. The first-order valence-electron chi connectivity index (χ1n) is 5.18. The van der Waals surface area contributed by atoms with Crippen LogP contribution < -0.4 is 5.32 Å². The predicted molar refractivity (Wildman–Crippen MR) is 66.1 cm³/mol. The van der Waals surface area contributed by atoms with Crippen LogP contribution in [-0.4, -0.2) is 16.8 Å². The van der Waals surface area contributed by atoms with Gasteiger partial charge in [0, 0.05) is 6.04 Å². The van der Waals surface area contributed by atoms with Crippen molar-refractivity contribution in [2.45, 2.75) is 31.1 Å². The minimum absolute atomic E-state index is 0.0328.